The van der Waals surface area contributed by atoms with Crippen LogP contribution in [0.15, 0.2) is 54.7 Å². The zero-order chi connectivity index (χ0) is 20.9. The summed E-state index contributed by atoms with van der Waals surface area (Å²) in [5.41, 5.74) is 3.98. The highest BCUT2D eigenvalue weighted by Crippen LogP contribution is 2.20. The van der Waals surface area contributed by atoms with Crippen LogP contribution in [0.25, 0.3) is 22.2 Å². The molecule has 0 saturated carbocycles. The molecule has 2 aromatic carbocycles. The van der Waals surface area contributed by atoms with Crippen LogP contribution < -0.4 is 0 Å². The smallest absolute Gasteiger partial charge is 0.255 e. The van der Waals surface area contributed by atoms with E-state index in [1.807, 2.05) is 37.4 Å². The molecule has 0 fully saturated rings. The monoisotopic (exact) mass is 405 g/mol. The maximum absolute atomic E-state index is 13.4. The molecule has 7 heteroatoms. The van der Waals surface area contributed by atoms with Gasteiger partial charge in [-0.3, -0.25) is 15.0 Å². The van der Waals surface area contributed by atoms with Crippen molar-refractivity contribution in [1.82, 2.24) is 25.3 Å². The van der Waals surface area contributed by atoms with Gasteiger partial charge in [0.2, 0.25) is 0 Å². The number of rotatable bonds is 8. The average Bonchev–Trinajstić information content (AvgIpc) is 3.42. The molecule has 0 unspecified atom stereocenters. The number of H-pyrrole nitrogens is 2. The minimum atomic E-state index is -0.264. The lowest BCUT2D eigenvalue weighted by Crippen LogP contribution is -2.28. The van der Waals surface area contributed by atoms with Gasteiger partial charge in [0.15, 0.2) is 0 Å². The third-order valence-corrected chi connectivity index (χ3v) is 5.24. The van der Waals surface area contributed by atoms with E-state index < -0.39 is 0 Å². The highest BCUT2D eigenvalue weighted by atomic mass is 19.1. The molecule has 154 valence electrons. The van der Waals surface area contributed by atoms with E-state index in [0.717, 1.165) is 53.5 Å². The van der Waals surface area contributed by atoms with Crippen LogP contribution in [0.2, 0.25) is 0 Å². The molecule has 4 aromatic rings. The van der Waals surface area contributed by atoms with E-state index in [1.165, 1.54) is 12.1 Å². The fourth-order valence-electron chi connectivity index (χ4n) is 3.58. The number of para-hydroxylation sites is 1. The predicted molar refractivity (Wildman–Crippen MR) is 115 cm³/mol. The lowest BCUT2D eigenvalue weighted by Gasteiger charge is -2.17. The van der Waals surface area contributed by atoms with Crippen molar-refractivity contribution in [2.45, 2.75) is 25.7 Å². The molecule has 30 heavy (non-hydrogen) atoms. The first kappa shape index (κ1) is 19.8. The Kier molecular flexibility index (Phi) is 5.88. The number of fused-ring (bicyclic) bond motifs is 1. The Hall–Kier alpha value is -3.48. The van der Waals surface area contributed by atoms with E-state index in [1.54, 1.807) is 17.2 Å². The summed E-state index contributed by atoms with van der Waals surface area (Å²) in [7, 11) is 1.83. The molecular formula is C23H24FN5O. The van der Waals surface area contributed by atoms with Crippen molar-refractivity contribution in [3.63, 3.8) is 0 Å². The van der Waals surface area contributed by atoms with E-state index in [-0.39, 0.29) is 11.7 Å². The maximum atomic E-state index is 13.4. The highest BCUT2D eigenvalue weighted by Gasteiger charge is 2.15. The normalized spacial score (nSPS) is 11.1. The second kappa shape index (κ2) is 8.90. The van der Waals surface area contributed by atoms with E-state index in [2.05, 4.69) is 20.4 Å². The number of nitrogens with zero attached hydrogens (tertiary/aromatic N) is 3. The van der Waals surface area contributed by atoms with Gasteiger partial charge in [0.1, 0.15) is 5.82 Å². The Morgan fingerprint density at radius 3 is 2.80 bits per heavy atom. The first-order valence-electron chi connectivity index (χ1n) is 10.1. The van der Waals surface area contributed by atoms with Crippen LogP contribution in [0.3, 0.4) is 0 Å². The first-order valence-corrected chi connectivity index (χ1v) is 10.1. The number of hydrogen-bond acceptors (Lipinski definition) is 3. The van der Waals surface area contributed by atoms with Crippen molar-refractivity contribution in [3.05, 3.63) is 71.8 Å². The third-order valence-electron chi connectivity index (χ3n) is 5.24. The summed E-state index contributed by atoms with van der Waals surface area (Å²) in [6.07, 6.45) is 5.50. The quantitative estimate of drug-likeness (QED) is 0.421. The van der Waals surface area contributed by atoms with Gasteiger partial charge in [0.25, 0.3) is 5.91 Å². The Bertz CT molecular complexity index is 1150. The van der Waals surface area contributed by atoms with Gasteiger partial charge < -0.3 is 4.90 Å². The van der Waals surface area contributed by atoms with Crippen LogP contribution in [-0.2, 0) is 6.42 Å². The van der Waals surface area contributed by atoms with Crippen LogP contribution in [-0.4, -0.2) is 44.8 Å². The van der Waals surface area contributed by atoms with E-state index in [4.69, 9.17) is 0 Å². The van der Waals surface area contributed by atoms with Gasteiger partial charge in [-0.15, -0.1) is 0 Å². The number of amides is 1. The zero-order valence-corrected chi connectivity index (χ0v) is 16.9. The number of aromatic nitrogens is 4. The summed E-state index contributed by atoms with van der Waals surface area (Å²) in [6, 6.07) is 14.0. The second-order valence-electron chi connectivity index (χ2n) is 7.47. The number of aromatic amines is 2. The van der Waals surface area contributed by atoms with Crippen molar-refractivity contribution in [1.29, 1.82) is 0 Å². The Balaban J connectivity index is 1.24. The predicted octanol–water partition coefficient (Wildman–Crippen LogP) is 4.58. The lowest BCUT2D eigenvalue weighted by molar-refractivity contribution is 0.0794. The van der Waals surface area contributed by atoms with Gasteiger partial charge in [-0.1, -0.05) is 30.7 Å². The number of hydrogen-bond donors (Lipinski definition) is 2. The number of carbonyl (C=O) groups excluding carboxylic acids is 1. The molecular weight excluding hydrogens is 381 g/mol. The third kappa shape index (κ3) is 4.40. The van der Waals surface area contributed by atoms with Crippen LogP contribution in [0.5, 0.6) is 0 Å². The molecule has 0 saturated heterocycles. The molecule has 0 radical (unpaired) electrons. The van der Waals surface area contributed by atoms with Gasteiger partial charge in [0.05, 0.1) is 23.0 Å². The highest BCUT2D eigenvalue weighted by molar-refractivity contribution is 6.05. The fraction of sp³-hybridized carbons (Fsp3) is 0.261. The van der Waals surface area contributed by atoms with Crippen LogP contribution in [0, 0.1) is 5.82 Å². The molecule has 2 heterocycles. The summed E-state index contributed by atoms with van der Waals surface area (Å²) in [5, 5.41) is 15.2. The standard InChI is InChI=1S/C23H24FN5O/c1-29(23(30)20-11-6-8-17-15-25-28-22(17)20)12-4-2-3-10-19-14-21(27-26-19)16-7-5-9-18(24)13-16/h5-9,11,13-15H,2-4,10,12H2,1H3,(H,25,28)(H,26,27). The molecule has 2 aromatic heterocycles. The molecule has 0 spiro atoms. The van der Waals surface area contributed by atoms with Gasteiger partial charge in [-0.2, -0.15) is 10.2 Å². The number of carbonyl (C=O) groups is 1. The number of halogens is 1. The Labute approximate surface area is 174 Å². The maximum Gasteiger partial charge on any atom is 0.255 e. The van der Waals surface area contributed by atoms with Crippen LogP contribution in [0.4, 0.5) is 4.39 Å². The minimum absolute atomic E-state index is 0.00171. The van der Waals surface area contributed by atoms with E-state index in [0.29, 0.717) is 12.1 Å². The molecule has 0 aliphatic rings. The first-order chi connectivity index (χ1) is 14.6. The molecule has 1 amide bonds. The van der Waals surface area contributed by atoms with Gasteiger partial charge in [-0.05, 0) is 43.5 Å². The number of nitrogens with one attached hydrogen (secondary N) is 2. The second-order valence-corrected chi connectivity index (χ2v) is 7.47. The summed E-state index contributed by atoms with van der Waals surface area (Å²) in [4.78, 5) is 14.5. The van der Waals surface area contributed by atoms with Gasteiger partial charge >= 0.3 is 0 Å². The van der Waals surface area contributed by atoms with Crippen molar-refractivity contribution in [3.8, 4) is 11.3 Å². The summed E-state index contributed by atoms with van der Waals surface area (Å²) in [5.74, 6) is -0.266. The van der Waals surface area contributed by atoms with Crippen molar-refractivity contribution in [2.24, 2.45) is 0 Å². The van der Waals surface area contributed by atoms with Crippen LogP contribution in [0.1, 0.15) is 35.3 Å². The largest absolute Gasteiger partial charge is 0.342 e. The molecule has 0 bridgehead atoms. The molecule has 0 aliphatic carbocycles. The van der Waals surface area contributed by atoms with Gasteiger partial charge in [-0.25, -0.2) is 4.39 Å². The van der Waals surface area contributed by atoms with Crippen molar-refractivity contribution >= 4 is 16.8 Å². The van der Waals surface area contributed by atoms with Gasteiger partial charge in [0, 0.05) is 30.2 Å². The average molecular weight is 405 g/mol. The van der Waals surface area contributed by atoms with E-state index in [9.17, 15) is 9.18 Å². The molecule has 2 N–H and O–H groups in total. The molecule has 0 atom stereocenters. The topological polar surface area (TPSA) is 77.7 Å². The summed E-state index contributed by atoms with van der Waals surface area (Å²) < 4.78 is 13.4. The fourth-order valence-corrected chi connectivity index (χ4v) is 3.58. The van der Waals surface area contributed by atoms with Crippen molar-refractivity contribution < 1.29 is 9.18 Å². The number of unbranched alkanes of at least 4 members (excludes halogenated alkanes) is 2. The molecule has 6 nitrogen and oxygen atoms in total. The number of aryl methyl sites for hydroxylation is 1. The number of benzene rings is 2. The van der Waals surface area contributed by atoms with E-state index >= 15 is 0 Å². The Morgan fingerprint density at radius 2 is 1.93 bits per heavy atom. The zero-order valence-electron chi connectivity index (χ0n) is 16.9. The molecule has 4 rings (SSSR count). The van der Waals surface area contributed by atoms with Crippen molar-refractivity contribution in [2.75, 3.05) is 13.6 Å². The molecule has 0 aliphatic heterocycles. The lowest BCUT2D eigenvalue weighted by atomic mass is 10.1. The summed E-state index contributed by atoms with van der Waals surface area (Å²) in [6.45, 7) is 0.695. The summed E-state index contributed by atoms with van der Waals surface area (Å²) >= 11 is 0. The Morgan fingerprint density at radius 1 is 1.07 bits per heavy atom. The SMILES string of the molecule is CN(CCCCCc1cc(-c2cccc(F)c2)n[nH]1)C(=O)c1cccc2cn[nH]c12. The van der Waals surface area contributed by atoms with Crippen LogP contribution >= 0.6 is 0 Å². The minimum Gasteiger partial charge on any atom is -0.342 e.